The molecule has 2 heterocycles. The maximum atomic E-state index is 12.7. The molecule has 6 heteroatoms. The summed E-state index contributed by atoms with van der Waals surface area (Å²) in [4.78, 5) is 4.32. The zero-order valence-corrected chi connectivity index (χ0v) is 13.3. The Kier molecular flexibility index (Phi) is 4.16. The van der Waals surface area contributed by atoms with Gasteiger partial charge in [-0.25, -0.2) is 12.7 Å². The Morgan fingerprint density at radius 3 is 2.77 bits per heavy atom. The van der Waals surface area contributed by atoms with Crippen LogP contribution in [0.1, 0.15) is 12.5 Å². The first-order valence-corrected chi connectivity index (χ1v) is 9.03. The van der Waals surface area contributed by atoms with Gasteiger partial charge in [0, 0.05) is 31.3 Å². The molecule has 5 nitrogen and oxygen atoms in total. The minimum absolute atomic E-state index is 0.0282. The molecule has 1 aromatic heterocycles. The highest BCUT2D eigenvalue weighted by Crippen LogP contribution is 2.27. The summed E-state index contributed by atoms with van der Waals surface area (Å²) in [5, 5.41) is 10.3. The van der Waals surface area contributed by atoms with Gasteiger partial charge in [-0.1, -0.05) is 31.2 Å². The van der Waals surface area contributed by atoms with Crippen molar-refractivity contribution in [3.05, 3.63) is 42.1 Å². The lowest BCUT2D eigenvalue weighted by atomic mass is 10.00. The zero-order valence-electron chi connectivity index (χ0n) is 12.5. The average Bonchev–Trinajstić information content (AvgIpc) is 2.89. The molecular weight excluding hydrogens is 300 g/mol. The fraction of sp³-hybridized carbons (Fsp3) is 0.438. The number of aliphatic hydroxyl groups excluding tert-OH is 1. The highest BCUT2D eigenvalue weighted by molar-refractivity contribution is 7.88. The monoisotopic (exact) mass is 320 g/mol. The van der Waals surface area contributed by atoms with E-state index >= 15 is 0 Å². The third-order valence-electron chi connectivity index (χ3n) is 4.42. The number of hydrogen-bond donors (Lipinski definition) is 1. The second kappa shape index (κ2) is 5.95. The van der Waals surface area contributed by atoms with E-state index in [1.165, 1.54) is 4.31 Å². The van der Waals surface area contributed by atoms with E-state index in [4.69, 9.17) is 0 Å². The summed E-state index contributed by atoms with van der Waals surface area (Å²) in [5.41, 5.74) is 1.46. The quantitative estimate of drug-likeness (QED) is 0.929. The Morgan fingerprint density at radius 1 is 1.27 bits per heavy atom. The molecule has 2 aromatic rings. The minimum atomic E-state index is -3.40. The van der Waals surface area contributed by atoms with E-state index in [9.17, 15) is 13.5 Å². The third-order valence-corrected chi connectivity index (χ3v) is 6.18. The maximum absolute atomic E-state index is 12.7. The molecule has 1 saturated heterocycles. The van der Waals surface area contributed by atoms with Crippen LogP contribution >= 0.6 is 0 Å². The van der Waals surface area contributed by atoms with Crippen molar-refractivity contribution in [2.24, 2.45) is 11.8 Å². The van der Waals surface area contributed by atoms with Gasteiger partial charge in [0.05, 0.1) is 11.3 Å². The van der Waals surface area contributed by atoms with Crippen molar-refractivity contribution in [3.8, 4) is 0 Å². The minimum Gasteiger partial charge on any atom is -0.396 e. The van der Waals surface area contributed by atoms with Gasteiger partial charge in [0.1, 0.15) is 0 Å². The molecular formula is C16H20N2O3S. The van der Waals surface area contributed by atoms with Crippen LogP contribution in [0.15, 0.2) is 36.5 Å². The maximum Gasteiger partial charge on any atom is 0.218 e. The third kappa shape index (κ3) is 2.86. The van der Waals surface area contributed by atoms with Gasteiger partial charge in [-0.05, 0) is 23.5 Å². The Balaban J connectivity index is 1.88. The number of hydrogen-bond acceptors (Lipinski definition) is 4. The number of benzene rings is 1. The summed E-state index contributed by atoms with van der Waals surface area (Å²) in [6.07, 6.45) is 1.68. The largest absolute Gasteiger partial charge is 0.396 e. The first kappa shape index (κ1) is 15.4. The van der Waals surface area contributed by atoms with Crippen LogP contribution in [-0.2, 0) is 15.8 Å². The number of aliphatic hydroxyl groups is 1. The van der Waals surface area contributed by atoms with Crippen molar-refractivity contribution in [2.45, 2.75) is 12.7 Å². The number of para-hydroxylation sites is 1. The second-order valence-electron chi connectivity index (χ2n) is 5.99. The zero-order chi connectivity index (χ0) is 15.7. The van der Waals surface area contributed by atoms with Crippen LogP contribution in [0.2, 0.25) is 0 Å². The smallest absolute Gasteiger partial charge is 0.218 e. The Morgan fingerprint density at radius 2 is 2.05 bits per heavy atom. The lowest BCUT2D eigenvalue weighted by Crippen LogP contribution is -2.30. The molecule has 118 valence electrons. The number of aromatic nitrogens is 1. The van der Waals surface area contributed by atoms with Crippen LogP contribution in [0.3, 0.4) is 0 Å². The van der Waals surface area contributed by atoms with Gasteiger partial charge in [-0.3, -0.25) is 4.98 Å². The molecule has 22 heavy (non-hydrogen) atoms. The highest BCUT2D eigenvalue weighted by atomic mass is 32.2. The number of pyridine rings is 1. The standard InChI is InChI=1S/C16H20N2O3S/c1-12-8-18(9-15(12)10-19)22(20,21)11-14-5-2-4-13-6-3-7-17-16(13)14/h2-7,12,15,19H,8-11H2,1H3/t12-,15+/m1/s1. The molecule has 0 unspecified atom stereocenters. The van der Waals surface area contributed by atoms with Crippen LogP contribution in [0.25, 0.3) is 10.9 Å². The highest BCUT2D eigenvalue weighted by Gasteiger charge is 2.36. The molecule has 0 spiro atoms. The van der Waals surface area contributed by atoms with E-state index in [2.05, 4.69) is 4.98 Å². The van der Waals surface area contributed by atoms with Gasteiger partial charge >= 0.3 is 0 Å². The van der Waals surface area contributed by atoms with E-state index < -0.39 is 10.0 Å². The van der Waals surface area contributed by atoms with Gasteiger partial charge in [-0.15, -0.1) is 0 Å². The molecule has 1 aromatic carbocycles. The number of nitrogens with zero attached hydrogens (tertiary/aromatic N) is 2. The first-order chi connectivity index (χ1) is 10.5. The molecule has 0 aliphatic carbocycles. The van der Waals surface area contributed by atoms with E-state index in [1.54, 1.807) is 6.20 Å². The normalized spacial score (nSPS) is 23.2. The summed E-state index contributed by atoms with van der Waals surface area (Å²) < 4.78 is 26.8. The molecule has 0 saturated carbocycles. The number of rotatable bonds is 4. The summed E-state index contributed by atoms with van der Waals surface area (Å²) in [6.45, 7) is 2.89. The van der Waals surface area contributed by atoms with Gasteiger partial charge in [0.15, 0.2) is 0 Å². The molecule has 1 aliphatic heterocycles. The predicted octanol–water partition coefficient (Wildman–Crippen LogP) is 1.62. The van der Waals surface area contributed by atoms with Crippen LogP contribution in [0.5, 0.6) is 0 Å². The molecule has 1 aliphatic rings. The van der Waals surface area contributed by atoms with Gasteiger partial charge < -0.3 is 5.11 Å². The topological polar surface area (TPSA) is 70.5 Å². The number of fused-ring (bicyclic) bond motifs is 1. The van der Waals surface area contributed by atoms with Gasteiger partial charge in [-0.2, -0.15) is 0 Å². The van der Waals surface area contributed by atoms with Crippen molar-refractivity contribution < 1.29 is 13.5 Å². The van der Waals surface area contributed by atoms with Gasteiger partial charge in [0.2, 0.25) is 10.0 Å². The fourth-order valence-electron chi connectivity index (χ4n) is 3.02. The van der Waals surface area contributed by atoms with E-state index in [0.717, 1.165) is 16.5 Å². The Hall–Kier alpha value is -1.50. The van der Waals surface area contributed by atoms with Crippen molar-refractivity contribution >= 4 is 20.9 Å². The van der Waals surface area contributed by atoms with Crippen LogP contribution in [-0.4, -0.2) is 42.5 Å². The predicted molar refractivity (Wildman–Crippen MR) is 85.7 cm³/mol. The van der Waals surface area contributed by atoms with Crippen molar-refractivity contribution in [1.82, 2.24) is 9.29 Å². The molecule has 1 N–H and O–H groups in total. The molecule has 0 bridgehead atoms. The fourth-order valence-corrected chi connectivity index (χ4v) is 4.71. The molecule has 0 amide bonds. The SMILES string of the molecule is C[C@@H]1CN(S(=O)(=O)Cc2cccc3cccnc23)C[C@H]1CO. The number of sulfonamides is 1. The molecule has 3 rings (SSSR count). The van der Waals surface area contributed by atoms with E-state index in [0.29, 0.717) is 13.1 Å². The second-order valence-corrected chi connectivity index (χ2v) is 7.95. The Bertz CT molecular complexity index is 771. The van der Waals surface area contributed by atoms with Gasteiger partial charge in [0.25, 0.3) is 0 Å². The average molecular weight is 320 g/mol. The van der Waals surface area contributed by atoms with Crippen LogP contribution < -0.4 is 0 Å². The Labute approximate surface area is 130 Å². The first-order valence-electron chi connectivity index (χ1n) is 7.42. The van der Waals surface area contributed by atoms with Crippen LogP contribution in [0, 0.1) is 11.8 Å². The summed E-state index contributed by atoms with van der Waals surface area (Å²) >= 11 is 0. The van der Waals surface area contributed by atoms with Crippen molar-refractivity contribution in [3.63, 3.8) is 0 Å². The molecule has 0 radical (unpaired) electrons. The van der Waals surface area contributed by atoms with Crippen molar-refractivity contribution in [2.75, 3.05) is 19.7 Å². The summed E-state index contributed by atoms with van der Waals surface area (Å²) in [5.74, 6) is 0.164. The van der Waals surface area contributed by atoms with Crippen molar-refractivity contribution in [1.29, 1.82) is 0 Å². The molecule has 2 atom stereocenters. The lowest BCUT2D eigenvalue weighted by Gasteiger charge is -2.16. The van der Waals surface area contributed by atoms with Crippen LogP contribution in [0.4, 0.5) is 0 Å². The molecule has 1 fully saturated rings. The van der Waals surface area contributed by atoms with E-state index in [1.807, 2.05) is 37.3 Å². The lowest BCUT2D eigenvalue weighted by molar-refractivity contribution is 0.210. The van der Waals surface area contributed by atoms with E-state index in [-0.39, 0.29) is 24.2 Å². The summed E-state index contributed by atoms with van der Waals surface area (Å²) in [6, 6.07) is 9.37. The summed E-state index contributed by atoms with van der Waals surface area (Å²) in [7, 11) is -3.40.